The minimum atomic E-state index is 0.615. The van der Waals surface area contributed by atoms with Gasteiger partial charge in [-0.15, -0.1) is 0 Å². The second kappa shape index (κ2) is 5.78. The minimum Gasteiger partial charge on any atom is -0.309 e. The maximum atomic E-state index is 5.49. The molecule has 0 saturated heterocycles. The van der Waals surface area contributed by atoms with Crippen LogP contribution < -0.4 is 0 Å². The summed E-state index contributed by atoms with van der Waals surface area (Å²) in [7, 11) is 4.13. The molecular formula is C10H19N3O. The summed E-state index contributed by atoms with van der Waals surface area (Å²) in [6.45, 7) is 4.40. The summed E-state index contributed by atoms with van der Waals surface area (Å²) in [5, 5.41) is 1.77. The lowest BCUT2D eigenvalue weighted by Gasteiger charge is -2.20. The van der Waals surface area contributed by atoms with Gasteiger partial charge in [-0.05, 0) is 40.1 Å². The van der Waals surface area contributed by atoms with Crippen molar-refractivity contribution in [2.24, 2.45) is 4.99 Å². The Kier molecular flexibility index (Phi) is 4.62. The molecule has 1 aliphatic rings. The molecule has 80 valence electrons. The second-order valence-electron chi connectivity index (χ2n) is 3.66. The zero-order valence-corrected chi connectivity index (χ0v) is 9.23. The summed E-state index contributed by atoms with van der Waals surface area (Å²) in [6.07, 6.45) is 4.92. The zero-order chi connectivity index (χ0) is 10.4. The van der Waals surface area contributed by atoms with E-state index in [1.54, 1.807) is 5.06 Å². The zero-order valence-electron chi connectivity index (χ0n) is 9.23. The first-order valence-electron chi connectivity index (χ1n) is 4.92. The van der Waals surface area contributed by atoms with E-state index in [-0.39, 0.29) is 0 Å². The van der Waals surface area contributed by atoms with E-state index >= 15 is 0 Å². The highest BCUT2D eigenvalue weighted by Crippen LogP contribution is 2.00. The molecule has 0 fully saturated rings. The number of hydrogen-bond donors (Lipinski definition) is 0. The fourth-order valence-corrected chi connectivity index (χ4v) is 1.12. The van der Waals surface area contributed by atoms with Gasteiger partial charge in [0.05, 0.1) is 6.61 Å². The Hall–Kier alpha value is -0.870. The van der Waals surface area contributed by atoms with Crippen LogP contribution in [0, 0.1) is 0 Å². The quantitative estimate of drug-likeness (QED) is 0.618. The second-order valence-corrected chi connectivity index (χ2v) is 3.66. The Bertz CT molecular complexity index is 223. The number of nitrogens with zero attached hydrogens (tertiary/aromatic N) is 3. The van der Waals surface area contributed by atoms with Gasteiger partial charge >= 0.3 is 0 Å². The fourth-order valence-electron chi connectivity index (χ4n) is 1.12. The van der Waals surface area contributed by atoms with Gasteiger partial charge in [-0.3, -0.25) is 9.83 Å². The van der Waals surface area contributed by atoms with Crippen molar-refractivity contribution in [3.63, 3.8) is 0 Å². The molecule has 14 heavy (non-hydrogen) atoms. The molecule has 0 atom stereocenters. The SMILES string of the molecule is CC1=NCN(OCCCN(C)C)C=C1. The third-order valence-corrected chi connectivity index (χ3v) is 1.95. The van der Waals surface area contributed by atoms with Gasteiger partial charge in [0.2, 0.25) is 0 Å². The predicted octanol–water partition coefficient (Wildman–Crippen LogP) is 1.12. The molecule has 4 heteroatoms. The summed E-state index contributed by atoms with van der Waals surface area (Å²) in [5.74, 6) is 0. The minimum absolute atomic E-state index is 0.615. The molecule has 0 N–H and O–H groups in total. The number of hydrogen-bond acceptors (Lipinski definition) is 4. The monoisotopic (exact) mass is 197 g/mol. The van der Waals surface area contributed by atoms with E-state index in [4.69, 9.17) is 4.84 Å². The van der Waals surface area contributed by atoms with Crippen molar-refractivity contribution < 1.29 is 4.84 Å². The van der Waals surface area contributed by atoms with Crippen LogP contribution in [-0.4, -0.2) is 49.6 Å². The summed E-state index contributed by atoms with van der Waals surface area (Å²) < 4.78 is 0. The summed E-state index contributed by atoms with van der Waals surface area (Å²) >= 11 is 0. The van der Waals surface area contributed by atoms with Crippen LogP contribution in [0.4, 0.5) is 0 Å². The van der Waals surface area contributed by atoms with E-state index in [0.717, 1.165) is 25.3 Å². The van der Waals surface area contributed by atoms with Crippen LogP contribution in [-0.2, 0) is 4.84 Å². The van der Waals surface area contributed by atoms with E-state index in [0.29, 0.717) is 6.67 Å². The van der Waals surface area contributed by atoms with Crippen molar-refractivity contribution in [2.75, 3.05) is 33.9 Å². The molecule has 0 unspecified atom stereocenters. The van der Waals surface area contributed by atoms with Gasteiger partial charge in [0.1, 0.15) is 6.67 Å². The van der Waals surface area contributed by atoms with Gasteiger partial charge in [-0.2, -0.15) is 0 Å². The summed E-state index contributed by atoms with van der Waals surface area (Å²) in [5.41, 5.74) is 1.05. The van der Waals surface area contributed by atoms with Crippen LogP contribution in [0.15, 0.2) is 17.3 Å². The molecule has 0 aromatic carbocycles. The maximum absolute atomic E-state index is 5.49. The van der Waals surface area contributed by atoms with Crippen LogP contribution in [0.2, 0.25) is 0 Å². The molecule has 0 spiro atoms. The van der Waals surface area contributed by atoms with E-state index in [1.165, 1.54) is 0 Å². The topological polar surface area (TPSA) is 28.1 Å². The summed E-state index contributed by atoms with van der Waals surface area (Å²) in [6, 6.07) is 0. The normalized spacial score (nSPS) is 16.3. The van der Waals surface area contributed by atoms with Crippen LogP contribution in [0.25, 0.3) is 0 Å². The first-order chi connectivity index (χ1) is 6.68. The van der Waals surface area contributed by atoms with Crippen molar-refractivity contribution in [1.82, 2.24) is 9.96 Å². The molecule has 0 saturated carbocycles. The third kappa shape index (κ3) is 4.39. The highest BCUT2D eigenvalue weighted by atomic mass is 16.7. The van der Waals surface area contributed by atoms with Gasteiger partial charge in [-0.25, -0.2) is 5.06 Å². The first-order valence-corrected chi connectivity index (χ1v) is 4.92. The van der Waals surface area contributed by atoms with E-state index in [2.05, 4.69) is 24.0 Å². The largest absolute Gasteiger partial charge is 0.309 e. The fraction of sp³-hybridized carbons (Fsp3) is 0.700. The van der Waals surface area contributed by atoms with E-state index in [1.807, 2.05) is 19.2 Å². The van der Waals surface area contributed by atoms with E-state index in [9.17, 15) is 0 Å². The highest BCUT2D eigenvalue weighted by molar-refractivity contribution is 5.93. The lowest BCUT2D eigenvalue weighted by Crippen LogP contribution is -2.23. The predicted molar refractivity (Wildman–Crippen MR) is 58.1 cm³/mol. The van der Waals surface area contributed by atoms with Crippen molar-refractivity contribution in [1.29, 1.82) is 0 Å². The molecular weight excluding hydrogens is 178 g/mol. The third-order valence-electron chi connectivity index (χ3n) is 1.95. The van der Waals surface area contributed by atoms with Gasteiger partial charge in [-0.1, -0.05) is 0 Å². The molecule has 1 aliphatic heterocycles. The van der Waals surface area contributed by atoms with Gasteiger partial charge < -0.3 is 4.90 Å². The van der Waals surface area contributed by atoms with Crippen LogP contribution in [0.1, 0.15) is 13.3 Å². The Labute approximate surface area is 85.8 Å². The van der Waals surface area contributed by atoms with Crippen molar-refractivity contribution >= 4 is 5.71 Å². The molecule has 0 aromatic heterocycles. The lowest BCUT2D eigenvalue weighted by molar-refractivity contribution is -0.120. The van der Waals surface area contributed by atoms with Gasteiger partial charge in [0.25, 0.3) is 0 Å². The number of rotatable bonds is 5. The number of allylic oxidation sites excluding steroid dienone is 1. The van der Waals surface area contributed by atoms with Crippen LogP contribution >= 0.6 is 0 Å². The molecule has 0 amide bonds. The number of hydroxylamine groups is 2. The Morgan fingerprint density at radius 3 is 2.93 bits per heavy atom. The standard InChI is InChI=1S/C10H19N3O/c1-10-5-7-13(9-11-10)14-8-4-6-12(2)3/h5,7H,4,6,8-9H2,1-3H3. The molecule has 0 aromatic rings. The lowest BCUT2D eigenvalue weighted by atomic mass is 10.4. The van der Waals surface area contributed by atoms with Gasteiger partial charge in [0, 0.05) is 11.9 Å². The molecule has 1 heterocycles. The Morgan fingerprint density at radius 2 is 2.36 bits per heavy atom. The molecule has 1 rings (SSSR count). The molecule has 0 radical (unpaired) electrons. The van der Waals surface area contributed by atoms with Crippen LogP contribution in [0.5, 0.6) is 0 Å². The van der Waals surface area contributed by atoms with Crippen molar-refractivity contribution in [2.45, 2.75) is 13.3 Å². The molecule has 4 nitrogen and oxygen atoms in total. The van der Waals surface area contributed by atoms with Crippen molar-refractivity contribution in [3.05, 3.63) is 12.3 Å². The van der Waals surface area contributed by atoms with Crippen LogP contribution in [0.3, 0.4) is 0 Å². The number of aliphatic imine (C=N–C) groups is 1. The Morgan fingerprint density at radius 1 is 1.57 bits per heavy atom. The van der Waals surface area contributed by atoms with Gasteiger partial charge in [0.15, 0.2) is 0 Å². The summed E-state index contributed by atoms with van der Waals surface area (Å²) in [4.78, 5) is 11.9. The molecule has 0 aliphatic carbocycles. The average molecular weight is 197 g/mol. The highest BCUT2D eigenvalue weighted by Gasteiger charge is 2.02. The molecule has 0 bridgehead atoms. The maximum Gasteiger partial charge on any atom is 0.135 e. The van der Waals surface area contributed by atoms with E-state index < -0.39 is 0 Å². The van der Waals surface area contributed by atoms with Crippen molar-refractivity contribution in [3.8, 4) is 0 Å². The smallest absolute Gasteiger partial charge is 0.135 e. The Balaban J connectivity index is 2.06. The first kappa shape index (κ1) is 11.2. The average Bonchev–Trinajstić information content (AvgIpc) is 2.15.